The molecule has 1 N–H and O–H groups in total. The fourth-order valence-electron chi connectivity index (χ4n) is 7.31. The number of halogens is 2. The lowest BCUT2D eigenvalue weighted by molar-refractivity contribution is -0.124. The monoisotopic (exact) mass is 622 g/mol. The standard InChI is InChI=1S/C35H36F2N8O/c1-44-19-27(18-42-44)25-11-12-30(39-16-25)32(34(46)41-15-23-5-3-2-4-6-23)24-9-7-22(8-10-24)13-31-40-17-26(14-38)33(43-31)45-20-28-29(21-45)35(28,36)37/h2-6,11-12,16-19,22,24,28-29,32H,7-10,13,15,20-21H2,1H3,(H,41,46)/t22-,24-,28?,29?,32?. The molecule has 2 saturated carbocycles. The van der Waals surface area contributed by atoms with Gasteiger partial charge in [-0.1, -0.05) is 36.4 Å². The van der Waals surface area contributed by atoms with Crippen molar-refractivity contribution >= 4 is 11.7 Å². The number of nitriles is 1. The van der Waals surface area contributed by atoms with E-state index in [-0.39, 0.29) is 30.8 Å². The molecule has 3 atom stereocenters. The Hall–Kier alpha value is -4.72. The first-order valence-electron chi connectivity index (χ1n) is 16.0. The van der Waals surface area contributed by atoms with E-state index >= 15 is 0 Å². The van der Waals surface area contributed by atoms with E-state index < -0.39 is 17.8 Å². The Kier molecular flexibility index (Phi) is 7.97. The van der Waals surface area contributed by atoms with Crippen molar-refractivity contribution < 1.29 is 13.6 Å². The topological polar surface area (TPSA) is 113 Å². The van der Waals surface area contributed by atoms with Crippen LogP contribution in [0.2, 0.25) is 0 Å². The van der Waals surface area contributed by atoms with Crippen LogP contribution in [0.15, 0.2) is 67.3 Å². The molecule has 1 aromatic carbocycles. The minimum absolute atomic E-state index is 0.0248. The molecule has 3 aromatic heterocycles. The summed E-state index contributed by atoms with van der Waals surface area (Å²) in [5.41, 5.74) is 4.05. The molecule has 1 saturated heterocycles. The summed E-state index contributed by atoms with van der Waals surface area (Å²) in [5, 5.41) is 17.0. The average molecular weight is 623 g/mol. The van der Waals surface area contributed by atoms with Crippen molar-refractivity contribution in [2.75, 3.05) is 18.0 Å². The predicted octanol–water partition coefficient (Wildman–Crippen LogP) is 5.29. The van der Waals surface area contributed by atoms with Gasteiger partial charge in [-0.25, -0.2) is 18.7 Å². The average Bonchev–Trinajstić information content (AvgIpc) is 3.48. The van der Waals surface area contributed by atoms with Crippen LogP contribution >= 0.6 is 0 Å². The maximum atomic E-state index is 13.8. The Morgan fingerprint density at radius 2 is 1.78 bits per heavy atom. The van der Waals surface area contributed by atoms with Crippen molar-refractivity contribution in [2.45, 2.75) is 50.5 Å². The Morgan fingerprint density at radius 3 is 2.43 bits per heavy atom. The summed E-state index contributed by atoms with van der Waals surface area (Å²) < 4.78 is 29.4. The van der Waals surface area contributed by atoms with E-state index in [1.54, 1.807) is 10.9 Å². The molecule has 3 unspecified atom stereocenters. The summed E-state index contributed by atoms with van der Waals surface area (Å²) in [6.45, 7) is 0.894. The van der Waals surface area contributed by atoms with Crippen LogP contribution in [0.1, 0.15) is 54.2 Å². The van der Waals surface area contributed by atoms with Gasteiger partial charge in [0.1, 0.15) is 23.3 Å². The molecule has 1 aliphatic heterocycles. The first kappa shape index (κ1) is 30.0. The third-order valence-electron chi connectivity index (χ3n) is 10.0. The number of aromatic nitrogens is 5. The Balaban J connectivity index is 1.03. The van der Waals surface area contributed by atoms with Crippen LogP contribution < -0.4 is 10.2 Å². The second kappa shape index (κ2) is 12.2. The number of aryl methyl sites for hydroxylation is 1. The van der Waals surface area contributed by atoms with Crippen LogP contribution in [0.3, 0.4) is 0 Å². The Morgan fingerprint density at radius 1 is 1.02 bits per heavy atom. The maximum Gasteiger partial charge on any atom is 0.258 e. The number of rotatable bonds is 9. The maximum absolute atomic E-state index is 13.8. The molecule has 0 spiro atoms. The van der Waals surface area contributed by atoms with Crippen molar-refractivity contribution in [3.05, 3.63) is 89.9 Å². The molecule has 9 nitrogen and oxygen atoms in total. The predicted molar refractivity (Wildman–Crippen MR) is 168 cm³/mol. The summed E-state index contributed by atoms with van der Waals surface area (Å²) in [6.07, 6.45) is 11.2. The number of nitrogens with one attached hydrogen (secondary N) is 1. The molecule has 0 radical (unpaired) electrons. The van der Waals surface area contributed by atoms with Crippen molar-refractivity contribution in [3.63, 3.8) is 0 Å². The van der Waals surface area contributed by atoms with Gasteiger partial charge in [-0.2, -0.15) is 10.4 Å². The lowest BCUT2D eigenvalue weighted by Gasteiger charge is -2.33. The number of carbonyl (C=O) groups is 1. The molecule has 3 fully saturated rings. The van der Waals surface area contributed by atoms with E-state index in [2.05, 4.69) is 21.5 Å². The van der Waals surface area contributed by atoms with Gasteiger partial charge in [0.05, 0.1) is 35.8 Å². The summed E-state index contributed by atoms with van der Waals surface area (Å²) in [5.74, 6) is -2.74. The highest BCUT2D eigenvalue weighted by Crippen LogP contribution is 2.59. The van der Waals surface area contributed by atoms with Crippen LogP contribution in [-0.4, -0.2) is 49.7 Å². The molecule has 0 bridgehead atoms. The minimum atomic E-state index is -2.59. The highest BCUT2D eigenvalue weighted by atomic mass is 19.3. The van der Waals surface area contributed by atoms with E-state index in [0.717, 1.165) is 48.1 Å². The zero-order valence-electron chi connectivity index (χ0n) is 25.7. The third-order valence-corrected chi connectivity index (χ3v) is 10.0. The molecule has 2 aliphatic carbocycles. The van der Waals surface area contributed by atoms with Crippen LogP contribution in [0.5, 0.6) is 0 Å². The number of benzene rings is 1. The molecule has 46 heavy (non-hydrogen) atoms. The highest BCUT2D eigenvalue weighted by Gasteiger charge is 2.72. The van der Waals surface area contributed by atoms with Crippen molar-refractivity contribution in [3.8, 4) is 17.2 Å². The highest BCUT2D eigenvalue weighted by molar-refractivity contribution is 5.83. The lowest BCUT2D eigenvalue weighted by Crippen LogP contribution is -2.35. The zero-order chi connectivity index (χ0) is 31.8. The Bertz CT molecular complexity index is 1730. The number of piperidine rings is 1. The number of nitrogens with zero attached hydrogens (tertiary/aromatic N) is 7. The molecule has 3 aliphatic rings. The number of hydrogen-bond donors (Lipinski definition) is 1. The zero-order valence-corrected chi connectivity index (χ0v) is 25.7. The molecular weight excluding hydrogens is 586 g/mol. The normalized spacial score (nSPS) is 23.7. The van der Waals surface area contributed by atoms with E-state index in [4.69, 9.17) is 9.97 Å². The SMILES string of the molecule is Cn1cc(-c2ccc(C(C(=O)NCc3ccccc3)[C@H]3CC[C@H](Cc4ncc(C#N)c(N5CC6C(C5)C6(F)F)n4)CC3)nc2)cn1. The number of alkyl halides is 2. The quantitative estimate of drug-likeness (QED) is 0.270. The molecule has 236 valence electrons. The molecule has 7 rings (SSSR count). The molecule has 4 heterocycles. The summed E-state index contributed by atoms with van der Waals surface area (Å²) >= 11 is 0. The van der Waals surface area contributed by atoms with Gasteiger partial charge in [0.25, 0.3) is 5.92 Å². The molecular formula is C35H36F2N8O. The van der Waals surface area contributed by atoms with Crippen LogP contribution in [-0.2, 0) is 24.8 Å². The fraction of sp³-hybridized carbons (Fsp3) is 0.429. The number of amides is 1. The van der Waals surface area contributed by atoms with Crippen LogP contribution in [0, 0.1) is 35.0 Å². The summed E-state index contributed by atoms with van der Waals surface area (Å²) in [4.78, 5) is 29.6. The van der Waals surface area contributed by atoms with Gasteiger partial charge in [-0.3, -0.25) is 14.5 Å². The van der Waals surface area contributed by atoms with E-state index in [0.29, 0.717) is 36.1 Å². The van der Waals surface area contributed by atoms with Crippen LogP contribution in [0.25, 0.3) is 11.1 Å². The van der Waals surface area contributed by atoms with Gasteiger partial charge in [-0.05, 0) is 49.1 Å². The van der Waals surface area contributed by atoms with Crippen molar-refractivity contribution in [1.82, 2.24) is 30.0 Å². The van der Waals surface area contributed by atoms with Gasteiger partial charge in [-0.15, -0.1) is 0 Å². The first-order chi connectivity index (χ1) is 22.3. The molecule has 4 aromatic rings. The lowest BCUT2D eigenvalue weighted by atomic mass is 9.73. The van der Waals surface area contributed by atoms with Gasteiger partial charge < -0.3 is 10.2 Å². The second-order valence-electron chi connectivity index (χ2n) is 13.0. The van der Waals surface area contributed by atoms with Gasteiger partial charge >= 0.3 is 0 Å². The largest absolute Gasteiger partial charge is 0.354 e. The second-order valence-corrected chi connectivity index (χ2v) is 13.0. The minimum Gasteiger partial charge on any atom is -0.354 e. The number of hydrogen-bond acceptors (Lipinski definition) is 7. The van der Waals surface area contributed by atoms with E-state index in [1.165, 1.54) is 6.20 Å². The fourth-order valence-corrected chi connectivity index (χ4v) is 7.31. The van der Waals surface area contributed by atoms with E-state index in [1.807, 2.05) is 66.8 Å². The third kappa shape index (κ3) is 5.96. The number of carbonyl (C=O) groups excluding carboxylic acids is 1. The first-order valence-corrected chi connectivity index (χ1v) is 16.0. The molecule has 1 amide bonds. The summed E-state index contributed by atoms with van der Waals surface area (Å²) in [7, 11) is 1.88. The smallest absolute Gasteiger partial charge is 0.258 e. The summed E-state index contributed by atoms with van der Waals surface area (Å²) in [6, 6.07) is 16.0. The van der Waals surface area contributed by atoms with Gasteiger partial charge in [0.2, 0.25) is 5.91 Å². The number of anilines is 1. The Labute approximate surface area is 266 Å². The molecule has 11 heteroatoms. The van der Waals surface area contributed by atoms with Crippen molar-refractivity contribution in [2.24, 2.45) is 30.7 Å². The van der Waals surface area contributed by atoms with Gasteiger partial charge in [0.15, 0.2) is 0 Å². The van der Waals surface area contributed by atoms with E-state index in [9.17, 15) is 18.8 Å². The van der Waals surface area contributed by atoms with Gasteiger partial charge in [0, 0.05) is 56.6 Å². The number of pyridine rings is 1. The van der Waals surface area contributed by atoms with Crippen LogP contribution in [0.4, 0.5) is 14.6 Å². The van der Waals surface area contributed by atoms with Crippen molar-refractivity contribution in [1.29, 1.82) is 5.26 Å². The number of fused-ring (bicyclic) bond motifs is 1.